The molecule has 0 saturated heterocycles. The van der Waals surface area contributed by atoms with Crippen LogP contribution in [0.15, 0.2) is 48.5 Å². The van der Waals surface area contributed by atoms with E-state index in [1.165, 1.54) is 22.5 Å². The van der Waals surface area contributed by atoms with E-state index in [9.17, 15) is 0 Å². The second-order valence-electron chi connectivity index (χ2n) is 5.81. The van der Waals surface area contributed by atoms with E-state index < -0.39 is 0 Å². The third-order valence-corrected chi connectivity index (χ3v) is 3.44. The molecular formula is C18H25N3. The van der Waals surface area contributed by atoms with Gasteiger partial charge in [-0.15, -0.1) is 0 Å². The van der Waals surface area contributed by atoms with E-state index >= 15 is 0 Å². The number of anilines is 2. The lowest BCUT2D eigenvalue weighted by Crippen LogP contribution is -2.13. The smallest absolute Gasteiger partial charge is 0.0400 e. The van der Waals surface area contributed by atoms with Gasteiger partial charge in [-0.1, -0.05) is 30.3 Å². The molecule has 3 nitrogen and oxygen atoms in total. The molecule has 0 spiro atoms. The number of rotatable bonds is 6. The first-order valence-corrected chi connectivity index (χ1v) is 7.29. The first-order chi connectivity index (χ1) is 10.1. The van der Waals surface area contributed by atoms with Crippen molar-refractivity contribution in [1.29, 1.82) is 0 Å². The van der Waals surface area contributed by atoms with Crippen LogP contribution in [0.3, 0.4) is 0 Å². The average molecular weight is 283 g/mol. The molecule has 2 aromatic carbocycles. The zero-order chi connectivity index (χ0) is 15.2. The molecule has 0 aliphatic heterocycles. The molecule has 0 aliphatic carbocycles. The van der Waals surface area contributed by atoms with Crippen LogP contribution in [0.5, 0.6) is 0 Å². The highest BCUT2D eigenvalue weighted by molar-refractivity contribution is 5.52. The predicted molar refractivity (Wildman–Crippen MR) is 91.9 cm³/mol. The van der Waals surface area contributed by atoms with E-state index in [0.29, 0.717) is 0 Å². The molecule has 2 aromatic rings. The van der Waals surface area contributed by atoms with Gasteiger partial charge in [-0.3, -0.25) is 0 Å². The van der Waals surface area contributed by atoms with Crippen LogP contribution in [0.1, 0.15) is 11.1 Å². The van der Waals surface area contributed by atoms with Gasteiger partial charge >= 0.3 is 0 Å². The van der Waals surface area contributed by atoms with Crippen LogP contribution in [-0.2, 0) is 13.1 Å². The second-order valence-corrected chi connectivity index (χ2v) is 5.81. The highest BCUT2D eigenvalue weighted by Gasteiger charge is 2.03. The van der Waals surface area contributed by atoms with Crippen LogP contribution >= 0.6 is 0 Å². The van der Waals surface area contributed by atoms with Gasteiger partial charge < -0.3 is 15.1 Å². The van der Waals surface area contributed by atoms with Crippen molar-refractivity contribution in [2.75, 3.05) is 38.4 Å². The minimum absolute atomic E-state index is 0.845. The first-order valence-electron chi connectivity index (χ1n) is 7.29. The molecule has 21 heavy (non-hydrogen) atoms. The van der Waals surface area contributed by atoms with E-state index in [4.69, 9.17) is 0 Å². The minimum atomic E-state index is 0.845. The SMILES string of the molecule is CN(C)Cc1ccccc1NCc1ccc(N(C)C)cc1. The van der Waals surface area contributed by atoms with Crippen LogP contribution in [0.4, 0.5) is 11.4 Å². The molecule has 0 amide bonds. The Labute approximate surface area is 128 Å². The summed E-state index contributed by atoms with van der Waals surface area (Å²) in [5.41, 5.74) is 5.06. The Bertz CT molecular complexity index is 559. The Morgan fingerprint density at radius 2 is 1.52 bits per heavy atom. The van der Waals surface area contributed by atoms with Gasteiger partial charge in [0.15, 0.2) is 0 Å². The van der Waals surface area contributed by atoms with Crippen molar-refractivity contribution in [3.8, 4) is 0 Å². The molecule has 0 aromatic heterocycles. The molecule has 0 saturated carbocycles. The highest BCUT2D eigenvalue weighted by Crippen LogP contribution is 2.18. The lowest BCUT2D eigenvalue weighted by molar-refractivity contribution is 0.403. The molecule has 1 N–H and O–H groups in total. The summed E-state index contributed by atoms with van der Waals surface area (Å²) in [5, 5.41) is 3.54. The van der Waals surface area contributed by atoms with Gasteiger partial charge in [-0.2, -0.15) is 0 Å². The second kappa shape index (κ2) is 7.14. The number of benzene rings is 2. The molecule has 0 aliphatic rings. The van der Waals surface area contributed by atoms with Crippen molar-refractivity contribution in [3.05, 3.63) is 59.7 Å². The maximum Gasteiger partial charge on any atom is 0.0400 e. The summed E-state index contributed by atoms with van der Waals surface area (Å²) in [7, 11) is 8.31. The summed E-state index contributed by atoms with van der Waals surface area (Å²) in [6, 6.07) is 17.2. The quantitative estimate of drug-likeness (QED) is 0.876. The van der Waals surface area contributed by atoms with E-state index in [1.807, 2.05) is 0 Å². The van der Waals surface area contributed by atoms with Gasteiger partial charge in [-0.05, 0) is 43.4 Å². The molecule has 0 radical (unpaired) electrons. The predicted octanol–water partition coefficient (Wildman–Crippen LogP) is 3.43. The van der Waals surface area contributed by atoms with Crippen LogP contribution in [-0.4, -0.2) is 33.1 Å². The monoisotopic (exact) mass is 283 g/mol. The number of hydrogen-bond acceptors (Lipinski definition) is 3. The number of para-hydroxylation sites is 1. The van der Waals surface area contributed by atoms with Crippen molar-refractivity contribution < 1.29 is 0 Å². The largest absolute Gasteiger partial charge is 0.381 e. The average Bonchev–Trinajstić information content (AvgIpc) is 2.46. The molecule has 0 unspecified atom stereocenters. The van der Waals surface area contributed by atoms with Gasteiger partial charge in [0, 0.05) is 38.6 Å². The van der Waals surface area contributed by atoms with E-state index in [1.54, 1.807) is 0 Å². The fourth-order valence-electron chi connectivity index (χ4n) is 2.28. The van der Waals surface area contributed by atoms with Gasteiger partial charge in [0.25, 0.3) is 0 Å². The maximum absolute atomic E-state index is 3.54. The first kappa shape index (κ1) is 15.4. The van der Waals surface area contributed by atoms with Crippen molar-refractivity contribution in [1.82, 2.24) is 4.90 Å². The Kier molecular flexibility index (Phi) is 5.23. The maximum atomic E-state index is 3.54. The zero-order valence-electron chi connectivity index (χ0n) is 13.4. The van der Waals surface area contributed by atoms with Gasteiger partial charge in [0.05, 0.1) is 0 Å². The molecule has 112 valence electrons. The van der Waals surface area contributed by atoms with E-state index in [0.717, 1.165) is 13.1 Å². The lowest BCUT2D eigenvalue weighted by atomic mass is 10.1. The Morgan fingerprint density at radius 3 is 2.14 bits per heavy atom. The standard InChI is InChI=1S/C18H25N3/c1-20(2)14-16-7-5-6-8-18(16)19-13-15-9-11-17(12-10-15)21(3)4/h5-12,19H,13-14H2,1-4H3. The molecule has 2 rings (SSSR count). The lowest BCUT2D eigenvalue weighted by Gasteiger charge is -2.16. The third-order valence-electron chi connectivity index (χ3n) is 3.44. The molecule has 0 heterocycles. The summed E-state index contributed by atoms with van der Waals surface area (Å²) in [6.07, 6.45) is 0. The molecule has 0 bridgehead atoms. The van der Waals surface area contributed by atoms with Crippen LogP contribution in [0, 0.1) is 0 Å². The summed E-state index contributed by atoms with van der Waals surface area (Å²) < 4.78 is 0. The molecule has 0 fully saturated rings. The summed E-state index contributed by atoms with van der Waals surface area (Å²) in [5.74, 6) is 0. The topological polar surface area (TPSA) is 18.5 Å². The number of nitrogens with zero attached hydrogens (tertiary/aromatic N) is 2. The third kappa shape index (κ3) is 4.50. The highest BCUT2D eigenvalue weighted by atomic mass is 15.1. The normalized spacial score (nSPS) is 10.7. The van der Waals surface area contributed by atoms with Crippen LogP contribution < -0.4 is 10.2 Å². The summed E-state index contributed by atoms with van der Waals surface area (Å²) >= 11 is 0. The Hall–Kier alpha value is -2.00. The van der Waals surface area contributed by atoms with Gasteiger partial charge in [0.2, 0.25) is 0 Å². The fraction of sp³-hybridized carbons (Fsp3) is 0.333. The Balaban J connectivity index is 2.02. The minimum Gasteiger partial charge on any atom is -0.381 e. The number of nitrogens with one attached hydrogen (secondary N) is 1. The van der Waals surface area contributed by atoms with Gasteiger partial charge in [-0.25, -0.2) is 0 Å². The zero-order valence-corrected chi connectivity index (χ0v) is 13.4. The molecular weight excluding hydrogens is 258 g/mol. The summed E-state index contributed by atoms with van der Waals surface area (Å²) in [6.45, 7) is 1.79. The fourth-order valence-corrected chi connectivity index (χ4v) is 2.28. The van der Waals surface area contributed by atoms with Crippen LogP contribution in [0.2, 0.25) is 0 Å². The van der Waals surface area contributed by atoms with Crippen molar-refractivity contribution in [3.63, 3.8) is 0 Å². The number of hydrogen-bond donors (Lipinski definition) is 1. The van der Waals surface area contributed by atoms with E-state index in [2.05, 4.69) is 91.8 Å². The van der Waals surface area contributed by atoms with Crippen molar-refractivity contribution in [2.24, 2.45) is 0 Å². The molecule has 0 atom stereocenters. The van der Waals surface area contributed by atoms with Crippen molar-refractivity contribution >= 4 is 11.4 Å². The van der Waals surface area contributed by atoms with Crippen LogP contribution in [0.25, 0.3) is 0 Å². The molecule has 3 heteroatoms. The summed E-state index contributed by atoms with van der Waals surface area (Å²) in [4.78, 5) is 4.30. The van der Waals surface area contributed by atoms with Crippen molar-refractivity contribution in [2.45, 2.75) is 13.1 Å². The Morgan fingerprint density at radius 1 is 0.857 bits per heavy atom. The van der Waals surface area contributed by atoms with Gasteiger partial charge in [0.1, 0.15) is 0 Å². The van der Waals surface area contributed by atoms with E-state index in [-0.39, 0.29) is 0 Å².